The van der Waals surface area contributed by atoms with Gasteiger partial charge in [0.2, 0.25) is 0 Å². The molecule has 0 spiro atoms. The largest absolute Gasteiger partial charge is 0.290 e. The summed E-state index contributed by atoms with van der Waals surface area (Å²) in [7, 11) is 0. The fourth-order valence-electron chi connectivity index (χ4n) is 1.44. The fourth-order valence-corrected chi connectivity index (χ4v) is 2.41. The number of halogens is 1. The summed E-state index contributed by atoms with van der Waals surface area (Å²) in [6, 6.07) is 5.77. The molecule has 8 heteroatoms. The summed E-state index contributed by atoms with van der Waals surface area (Å²) in [5.74, 6) is -0.491. The first-order valence-corrected chi connectivity index (χ1v) is 6.51. The summed E-state index contributed by atoms with van der Waals surface area (Å²) in [6.45, 7) is 0. The number of thioether (sulfide) groups is 1. The van der Waals surface area contributed by atoms with Crippen molar-refractivity contribution in [2.24, 2.45) is 0 Å². The average molecular weight is 311 g/mol. The van der Waals surface area contributed by atoms with Crippen molar-refractivity contribution in [2.75, 3.05) is 0 Å². The zero-order chi connectivity index (χ0) is 14.7. The molecule has 102 valence electrons. The Hall–Kier alpha value is -2.12. The monoisotopic (exact) mass is 310 g/mol. The molecule has 1 heterocycles. The minimum Gasteiger partial charge on any atom is -0.282 e. The van der Waals surface area contributed by atoms with Crippen LogP contribution in [0.3, 0.4) is 0 Å². The third-order valence-corrected chi connectivity index (χ3v) is 3.35. The Kier molecular flexibility index (Phi) is 4.21. The second kappa shape index (κ2) is 5.89. The van der Waals surface area contributed by atoms with Crippen molar-refractivity contribution in [3.8, 4) is 0 Å². The highest BCUT2D eigenvalue weighted by molar-refractivity contribution is 8.18. The molecule has 1 fully saturated rings. The molecule has 0 unspecified atom stereocenters. The number of imide groups is 1. The number of allylic oxidation sites excluding steroid dienone is 2. The Labute approximate surface area is 122 Å². The summed E-state index contributed by atoms with van der Waals surface area (Å²) in [6.07, 6.45) is 2.91. The number of hydrogen-bond donors (Lipinski definition) is 1. The van der Waals surface area contributed by atoms with E-state index >= 15 is 0 Å². The van der Waals surface area contributed by atoms with Gasteiger partial charge in [-0.1, -0.05) is 11.6 Å². The highest BCUT2D eigenvalue weighted by Crippen LogP contribution is 2.26. The molecule has 0 aromatic heterocycles. The lowest BCUT2D eigenvalue weighted by Gasteiger charge is -1.95. The van der Waals surface area contributed by atoms with Crippen LogP contribution in [0, 0.1) is 10.1 Å². The van der Waals surface area contributed by atoms with Crippen LogP contribution in [0.2, 0.25) is 0 Å². The highest BCUT2D eigenvalue weighted by atomic mass is 35.5. The smallest absolute Gasteiger partial charge is 0.282 e. The third-order valence-electron chi connectivity index (χ3n) is 2.32. The molecule has 0 atom stereocenters. The number of nitro benzene ring substituents is 1. The van der Waals surface area contributed by atoms with Crippen molar-refractivity contribution in [1.82, 2.24) is 5.32 Å². The Morgan fingerprint density at radius 2 is 1.95 bits per heavy atom. The normalized spacial score (nSPS) is 17.4. The van der Waals surface area contributed by atoms with Gasteiger partial charge in [-0.15, -0.1) is 0 Å². The van der Waals surface area contributed by atoms with E-state index in [-0.39, 0.29) is 15.6 Å². The van der Waals surface area contributed by atoms with Crippen molar-refractivity contribution < 1.29 is 14.5 Å². The maximum atomic E-state index is 11.3. The molecule has 1 aliphatic heterocycles. The van der Waals surface area contributed by atoms with Crippen LogP contribution in [0.15, 0.2) is 40.3 Å². The summed E-state index contributed by atoms with van der Waals surface area (Å²) >= 11 is 6.72. The van der Waals surface area contributed by atoms with E-state index < -0.39 is 16.1 Å². The van der Waals surface area contributed by atoms with Crippen LogP contribution in [0.1, 0.15) is 5.56 Å². The van der Waals surface area contributed by atoms with Gasteiger partial charge in [-0.2, -0.15) is 0 Å². The van der Waals surface area contributed by atoms with Gasteiger partial charge >= 0.3 is 0 Å². The van der Waals surface area contributed by atoms with Crippen LogP contribution in [0.4, 0.5) is 10.5 Å². The number of carbonyl (C=O) groups excluding carboxylic acids is 2. The van der Waals surface area contributed by atoms with Crippen molar-refractivity contribution in [1.29, 1.82) is 0 Å². The lowest BCUT2D eigenvalue weighted by atomic mass is 10.2. The van der Waals surface area contributed by atoms with Crippen LogP contribution in [0.25, 0.3) is 6.08 Å². The van der Waals surface area contributed by atoms with Crippen LogP contribution in [0.5, 0.6) is 0 Å². The van der Waals surface area contributed by atoms with Gasteiger partial charge in [0, 0.05) is 17.2 Å². The van der Waals surface area contributed by atoms with E-state index in [0.717, 1.165) is 11.8 Å². The first kappa shape index (κ1) is 14.3. The second-order valence-electron chi connectivity index (χ2n) is 3.73. The van der Waals surface area contributed by atoms with Gasteiger partial charge in [-0.3, -0.25) is 25.0 Å². The number of nitrogens with one attached hydrogen (secondary N) is 1. The molecule has 0 bridgehead atoms. The Bertz CT molecular complexity index is 652. The van der Waals surface area contributed by atoms with Crippen molar-refractivity contribution in [3.63, 3.8) is 0 Å². The highest BCUT2D eigenvalue weighted by Gasteiger charge is 2.24. The van der Waals surface area contributed by atoms with Gasteiger partial charge in [0.1, 0.15) is 0 Å². The van der Waals surface area contributed by atoms with E-state index in [2.05, 4.69) is 5.32 Å². The zero-order valence-corrected chi connectivity index (χ0v) is 11.4. The number of nitro groups is 1. The van der Waals surface area contributed by atoms with Gasteiger partial charge in [0.25, 0.3) is 16.8 Å². The van der Waals surface area contributed by atoms with Crippen LogP contribution in [-0.4, -0.2) is 16.1 Å². The van der Waals surface area contributed by atoms with Crippen molar-refractivity contribution in [2.45, 2.75) is 0 Å². The van der Waals surface area contributed by atoms with Crippen LogP contribution in [-0.2, 0) is 4.79 Å². The van der Waals surface area contributed by atoms with Gasteiger partial charge < -0.3 is 0 Å². The summed E-state index contributed by atoms with van der Waals surface area (Å²) in [4.78, 5) is 32.5. The fraction of sp³-hybridized carbons (Fsp3) is 0. The number of carbonyl (C=O) groups is 2. The van der Waals surface area contributed by atoms with Gasteiger partial charge in [0.15, 0.2) is 0 Å². The van der Waals surface area contributed by atoms with E-state index in [4.69, 9.17) is 11.6 Å². The molecular formula is C12H7ClN2O4S. The molecule has 0 aliphatic carbocycles. The van der Waals surface area contributed by atoms with E-state index in [1.165, 1.54) is 36.4 Å². The molecule has 2 amide bonds. The molecule has 2 rings (SSSR count). The van der Waals surface area contributed by atoms with Gasteiger partial charge in [-0.25, -0.2) is 0 Å². The zero-order valence-electron chi connectivity index (χ0n) is 9.83. The maximum absolute atomic E-state index is 11.3. The molecule has 1 aliphatic rings. The molecule has 0 saturated carbocycles. The number of amides is 2. The van der Waals surface area contributed by atoms with E-state index in [1.54, 1.807) is 0 Å². The van der Waals surface area contributed by atoms with Crippen molar-refractivity contribution >= 4 is 46.3 Å². The third kappa shape index (κ3) is 3.46. The molecular weight excluding hydrogens is 304 g/mol. The summed E-state index contributed by atoms with van der Waals surface area (Å²) in [5.41, 5.74) is 0.625. The van der Waals surface area contributed by atoms with Crippen molar-refractivity contribution in [3.05, 3.63) is 56.0 Å². The number of hydrogen-bond acceptors (Lipinski definition) is 5. The molecule has 0 radical (unpaired) electrons. The minimum atomic E-state index is -0.498. The van der Waals surface area contributed by atoms with Crippen LogP contribution >= 0.6 is 23.4 Å². The van der Waals surface area contributed by atoms with Crippen LogP contribution < -0.4 is 5.32 Å². The molecule has 1 aromatic carbocycles. The average Bonchev–Trinajstić information content (AvgIpc) is 2.68. The number of nitrogens with zero attached hydrogens (tertiary/aromatic N) is 1. The van der Waals surface area contributed by atoms with E-state index in [1.807, 2.05) is 0 Å². The van der Waals surface area contributed by atoms with Gasteiger partial charge in [-0.05, 0) is 41.6 Å². The second-order valence-corrected chi connectivity index (χ2v) is 5.18. The minimum absolute atomic E-state index is 0.0204. The lowest BCUT2D eigenvalue weighted by Crippen LogP contribution is -2.17. The number of rotatable bonds is 3. The Morgan fingerprint density at radius 3 is 2.45 bits per heavy atom. The number of benzene rings is 1. The molecule has 6 nitrogen and oxygen atoms in total. The Morgan fingerprint density at radius 1 is 1.30 bits per heavy atom. The lowest BCUT2D eigenvalue weighted by molar-refractivity contribution is -0.384. The summed E-state index contributed by atoms with van der Waals surface area (Å²) < 4.78 is 0. The topological polar surface area (TPSA) is 89.3 Å². The molecule has 1 aromatic rings. The standard InChI is InChI=1S/C12H7ClN2O4S/c13-8(6-10-11(16)14-12(17)20-10)5-7-1-3-9(4-2-7)15(18)19/h1-6H,(H,14,16,17). The van der Waals surface area contributed by atoms with E-state index in [9.17, 15) is 19.7 Å². The first-order valence-electron chi connectivity index (χ1n) is 5.32. The number of non-ortho nitro benzene ring substituents is 1. The van der Waals surface area contributed by atoms with E-state index in [0.29, 0.717) is 5.56 Å². The molecule has 1 saturated heterocycles. The SMILES string of the molecule is O=C1NC(=O)C(=CC(Cl)=Cc2ccc([N+](=O)[O-])cc2)S1. The van der Waals surface area contributed by atoms with Gasteiger partial charge in [0.05, 0.1) is 9.83 Å². The predicted octanol–water partition coefficient (Wildman–Crippen LogP) is 3.04. The Balaban J connectivity index is 2.18. The quantitative estimate of drug-likeness (QED) is 0.526. The molecule has 20 heavy (non-hydrogen) atoms. The molecule has 1 N–H and O–H groups in total. The predicted molar refractivity (Wildman–Crippen MR) is 76.1 cm³/mol. The summed E-state index contributed by atoms with van der Waals surface area (Å²) in [5, 5.41) is 12.4. The first-order chi connectivity index (χ1) is 9.45. The maximum Gasteiger partial charge on any atom is 0.290 e.